The summed E-state index contributed by atoms with van der Waals surface area (Å²) < 4.78 is 14.0. The highest BCUT2D eigenvalue weighted by molar-refractivity contribution is 7.99. The number of benzene rings is 4. The molecule has 0 radical (unpaired) electrons. The number of nitrogens with one attached hydrogen (secondary N) is 1. The van der Waals surface area contributed by atoms with Crippen LogP contribution in [0.4, 0.5) is 0 Å². The first kappa shape index (κ1) is 31.5. The number of hydrogen-bond donors (Lipinski definition) is 2. The van der Waals surface area contributed by atoms with E-state index in [9.17, 15) is 15.1 Å². The summed E-state index contributed by atoms with van der Waals surface area (Å²) >= 11 is 1.47. The minimum Gasteiger partial charge on any atom is -0.618 e. The molecule has 7 nitrogen and oxygen atoms in total. The van der Waals surface area contributed by atoms with E-state index < -0.39 is 6.29 Å². The molecule has 46 heavy (non-hydrogen) atoms. The highest BCUT2D eigenvalue weighted by Gasteiger charge is 2.38. The van der Waals surface area contributed by atoms with Crippen LogP contribution in [0, 0.1) is 11.1 Å². The molecule has 4 atom stereocenters. The molecule has 0 bridgehead atoms. The normalized spacial score (nSPS) is 19.4. The highest BCUT2D eigenvalue weighted by atomic mass is 32.2. The number of carbonyl (C=O) groups excluding carboxylic acids is 1. The lowest BCUT2D eigenvalue weighted by atomic mass is 9.91. The Labute approximate surface area is 273 Å². The largest absolute Gasteiger partial charge is 0.618 e. The monoisotopic (exact) mass is 632 g/mol. The lowest BCUT2D eigenvalue weighted by Gasteiger charge is -2.41. The Morgan fingerprint density at radius 1 is 0.826 bits per heavy atom. The average Bonchev–Trinajstić information content (AvgIpc) is 3.11. The van der Waals surface area contributed by atoms with Gasteiger partial charge < -0.3 is 25.1 Å². The Hall–Kier alpha value is -4.47. The van der Waals surface area contributed by atoms with Crippen molar-refractivity contribution in [2.24, 2.45) is 5.92 Å². The van der Waals surface area contributed by atoms with E-state index in [2.05, 4.69) is 36.5 Å². The van der Waals surface area contributed by atoms with Crippen LogP contribution in [0.2, 0.25) is 0 Å². The van der Waals surface area contributed by atoms with Crippen molar-refractivity contribution in [2.75, 3.05) is 5.75 Å². The van der Waals surface area contributed by atoms with E-state index in [-0.39, 0.29) is 30.6 Å². The first-order valence-electron chi connectivity index (χ1n) is 15.3. The van der Waals surface area contributed by atoms with Gasteiger partial charge in [0, 0.05) is 41.5 Å². The number of rotatable bonds is 10. The second-order valence-electron chi connectivity index (χ2n) is 11.4. The molecular weight excluding hydrogens is 596 g/mol. The number of aromatic nitrogens is 1. The summed E-state index contributed by atoms with van der Waals surface area (Å²) in [7, 11) is 0. The van der Waals surface area contributed by atoms with Crippen LogP contribution in [0.1, 0.15) is 51.9 Å². The number of ether oxygens (including phenoxy) is 2. The molecule has 6 rings (SSSR count). The van der Waals surface area contributed by atoms with Gasteiger partial charge in [0.2, 0.25) is 0 Å². The molecule has 0 aliphatic carbocycles. The van der Waals surface area contributed by atoms with Gasteiger partial charge in [-0.3, -0.25) is 4.79 Å². The van der Waals surface area contributed by atoms with Gasteiger partial charge in [-0.2, -0.15) is 4.73 Å². The van der Waals surface area contributed by atoms with Crippen molar-refractivity contribution >= 4 is 17.7 Å². The van der Waals surface area contributed by atoms with E-state index in [0.29, 0.717) is 22.9 Å². The maximum atomic E-state index is 12.5. The number of thioether (sulfide) groups is 1. The minimum atomic E-state index is -0.604. The smallest absolute Gasteiger partial charge is 0.251 e. The van der Waals surface area contributed by atoms with Crippen LogP contribution in [0.5, 0.6) is 0 Å². The second-order valence-corrected chi connectivity index (χ2v) is 12.4. The Kier molecular flexibility index (Phi) is 10.1. The van der Waals surface area contributed by atoms with Gasteiger partial charge in [0.15, 0.2) is 12.5 Å². The SMILES string of the molecule is C[C@@H]1[C@H](CSc2cccc[n+]2[O-])O[C@H](c2ccc(-c3cccc(CNC(=O)c4ccccc4)c3)cc2)O[C@@H]1c1ccc(CO)cc1. The molecule has 0 saturated carbocycles. The van der Waals surface area contributed by atoms with Gasteiger partial charge in [-0.25, -0.2) is 0 Å². The zero-order chi connectivity index (χ0) is 31.9. The maximum Gasteiger partial charge on any atom is 0.251 e. The quantitative estimate of drug-likeness (QED) is 0.0979. The molecule has 1 amide bonds. The van der Waals surface area contributed by atoms with Gasteiger partial charge in [0.05, 0.1) is 18.8 Å². The maximum absolute atomic E-state index is 12.5. The van der Waals surface area contributed by atoms with Crippen LogP contribution in [0.15, 0.2) is 133 Å². The van der Waals surface area contributed by atoms with Gasteiger partial charge in [-0.15, -0.1) is 0 Å². The van der Waals surface area contributed by atoms with E-state index in [0.717, 1.165) is 38.1 Å². The standard InChI is InChI=1S/C38H36N2O5S/c1-26-34(25-46-35-12-5-6-21-40(35)43)44-38(45-36(26)30-15-13-27(24-41)14-16-30)32-19-17-29(18-20-32)33-11-7-8-28(22-33)23-39-37(42)31-9-3-2-4-10-31/h2-22,26,34,36,38,41H,23-25H2,1H3,(H,39,42)/t26-,34+,36+,38+/m1/s1. The van der Waals surface area contributed by atoms with Gasteiger partial charge in [-0.05, 0) is 52.1 Å². The third kappa shape index (κ3) is 7.49. The third-order valence-corrected chi connectivity index (χ3v) is 9.35. The molecule has 1 saturated heterocycles. The second kappa shape index (κ2) is 14.7. The Balaban J connectivity index is 1.18. The van der Waals surface area contributed by atoms with Gasteiger partial charge in [0.1, 0.15) is 0 Å². The first-order valence-corrected chi connectivity index (χ1v) is 16.3. The van der Waals surface area contributed by atoms with Crippen LogP contribution in [-0.2, 0) is 22.6 Å². The van der Waals surface area contributed by atoms with Crippen molar-refractivity contribution in [1.29, 1.82) is 0 Å². The highest BCUT2D eigenvalue weighted by Crippen LogP contribution is 2.43. The van der Waals surface area contributed by atoms with Crippen molar-refractivity contribution < 1.29 is 24.1 Å². The molecule has 234 valence electrons. The number of nitrogens with zero attached hydrogens (tertiary/aromatic N) is 1. The fourth-order valence-electron chi connectivity index (χ4n) is 5.57. The molecule has 1 aromatic heterocycles. The van der Waals surface area contributed by atoms with Crippen molar-refractivity contribution in [1.82, 2.24) is 5.32 Å². The zero-order valence-electron chi connectivity index (χ0n) is 25.5. The van der Waals surface area contributed by atoms with E-state index in [1.807, 2.05) is 78.9 Å². The Bertz CT molecular complexity index is 1750. The molecule has 4 aromatic carbocycles. The number of hydrogen-bond acceptors (Lipinski definition) is 6. The van der Waals surface area contributed by atoms with E-state index in [1.165, 1.54) is 18.0 Å². The van der Waals surface area contributed by atoms with Gasteiger partial charge in [0.25, 0.3) is 10.9 Å². The molecule has 2 N–H and O–H groups in total. The van der Waals surface area contributed by atoms with Crippen LogP contribution >= 0.6 is 11.8 Å². The average molecular weight is 633 g/mol. The fourth-order valence-corrected chi connectivity index (χ4v) is 6.65. The summed E-state index contributed by atoms with van der Waals surface area (Å²) in [5.41, 5.74) is 6.47. The van der Waals surface area contributed by atoms with Crippen LogP contribution in [-0.4, -0.2) is 22.9 Å². The molecule has 0 unspecified atom stereocenters. The predicted molar refractivity (Wildman–Crippen MR) is 179 cm³/mol. The van der Waals surface area contributed by atoms with Crippen LogP contribution in [0.3, 0.4) is 0 Å². The van der Waals surface area contributed by atoms with E-state index in [4.69, 9.17) is 9.47 Å². The zero-order valence-corrected chi connectivity index (χ0v) is 26.3. The molecular formula is C38H36N2O5S. The summed E-state index contributed by atoms with van der Waals surface area (Å²) in [6.07, 6.45) is 0.472. The Morgan fingerprint density at radius 2 is 1.57 bits per heavy atom. The molecule has 5 aromatic rings. The van der Waals surface area contributed by atoms with Crippen molar-refractivity contribution in [2.45, 2.75) is 43.6 Å². The number of aliphatic hydroxyl groups is 1. The van der Waals surface area contributed by atoms with Crippen LogP contribution in [0.25, 0.3) is 11.1 Å². The fraction of sp³-hybridized carbons (Fsp3) is 0.211. The number of pyridine rings is 1. The number of carbonyl (C=O) groups is 1. The topological polar surface area (TPSA) is 94.7 Å². The van der Waals surface area contributed by atoms with Crippen molar-refractivity contribution in [3.63, 3.8) is 0 Å². The predicted octanol–water partition coefficient (Wildman–Crippen LogP) is 6.99. The Morgan fingerprint density at radius 3 is 2.30 bits per heavy atom. The first-order chi connectivity index (χ1) is 22.5. The lowest BCUT2D eigenvalue weighted by Crippen LogP contribution is -2.39. The van der Waals surface area contributed by atoms with E-state index in [1.54, 1.807) is 18.2 Å². The van der Waals surface area contributed by atoms with Gasteiger partial charge in [-0.1, -0.05) is 104 Å². The van der Waals surface area contributed by atoms with E-state index >= 15 is 0 Å². The minimum absolute atomic E-state index is 0.0111. The summed E-state index contributed by atoms with van der Waals surface area (Å²) in [6, 6.07) is 38.7. The molecule has 1 aliphatic rings. The summed E-state index contributed by atoms with van der Waals surface area (Å²) in [5, 5.41) is 25.4. The lowest BCUT2D eigenvalue weighted by molar-refractivity contribution is -0.645. The van der Waals surface area contributed by atoms with Crippen LogP contribution < -0.4 is 10.0 Å². The molecule has 2 heterocycles. The third-order valence-electron chi connectivity index (χ3n) is 8.24. The molecule has 1 aliphatic heterocycles. The summed E-state index contributed by atoms with van der Waals surface area (Å²) in [5.74, 6) is 0.494. The van der Waals surface area contributed by atoms with Crippen molar-refractivity contribution in [3.05, 3.63) is 161 Å². The van der Waals surface area contributed by atoms with Gasteiger partial charge >= 0.3 is 0 Å². The molecule has 8 heteroatoms. The number of aliphatic hydroxyl groups excluding tert-OH is 1. The molecule has 0 spiro atoms. The number of amides is 1. The van der Waals surface area contributed by atoms with Crippen molar-refractivity contribution in [3.8, 4) is 11.1 Å². The molecule has 1 fully saturated rings. The summed E-state index contributed by atoms with van der Waals surface area (Å²) in [6.45, 7) is 2.52. The summed E-state index contributed by atoms with van der Waals surface area (Å²) in [4.78, 5) is 12.5.